The van der Waals surface area contributed by atoms with Gasteiger partial charge in [0.15, 0.2) is 0 Å². The van der Waals surface area contributed by atoms with Crippen LogP contribution in [0.3, 0.4) is 0 Å². The lowest BCUT2D eigenvalue weighted by atomic mass is 10.0. The lowest BCUT2D eigenvalue weighted by Crippen LogP contribution is -2.12. The van der Waals surface area contributed by atoms with E-state index < -0.39 is 0 Å². The summed E-state index contributed by atoms with van der Waals surface area (Å²) in [5, 5.41) is 6.74. The summed E-state index contributed by atoms with van der Waals surface area (Å²) in [6, 6.07) is 0.613. The molecule has 4 heteroatoms. The molecule has 1 saturated carbocycles. The summed E-state index contributed by atoms with van der Waals surface area (Å²) in [5.74, 6) is 3.20. The minimum Gasteiger partial charge on any atom is -0.373 e. The molecule has 2 atom stereocenters. The van der Waals surface area contributed by atoms with Crippen LogP contribution in [0.15, 0.2) is 6.33 Å². The molecule has 2 rings (SSSR count). The van der Waals surface area contributed by atoms with Gasteiger partial charge >= 0.3 is 0 Å². The van der Waals surface area contributed by atoms with E-state index >= 15 is 0 Å². The quantitative estimate of drug-likeness (QED) is 0.811. The smallest absolute Gasteiger partial charge is 0.135 e. The molecule has 0 aromatic carbocycles. The number of rotatable bonds is 6. The fourth-order valence-electron chi connectivity index (χ4n) is 2.55. The Balaban J connectivity index is 2.13. The molecule has 1 aliphatic carbocycles. The highest BCUT2D eigenvalue weighted by atomic mass is 15.1. The fraction of sp³-hybridized carbons (Fsp3) is 0.714. The van der Waals surface area contributed by atoms with Gasteiger partial charge in [-0.15, -0.1) is 0 Å². The molecule has 1 aromatic rings. The SMILES string of the molecule is CCCC1CC1Nc1ncnc(NC)c1C(C)C. The first-order valence-corrected chi connectivity index (χ1v) is 6.96. The van der Waals surface area contributed by atoms with E-state index in [9.17, 15) is 0 Å². The minimum absolute atomic E-state index is 0.416. The van der Waals surface area contributed by atoms with Gasteiger partial charge in [0.2, 0.25) is 0 Å². The van der Waals surface area contributed by atoms with Crippen molar-refractivity contribution < 1.29 is 0 Å². The minimum atomic E-state index is 0.416. The van der Waals surface area contributed by atoms with Gasteiger partial charge in [-0.2, -0.15) is 0 Å². The van der Waals surface area contributed by atoms with Gasteiger partial charge in [-0.25, -0.2) is 9.97 Å². The van der Waals surface area contributed by atoms with Gasteiger partial charge in [0, 0.05) is 18.7 Å². The van der Waals surface area contributed by atoms with E-state index in [1.165, 1.54) is 24.8 Å². The zero-order valence-corrected chi connectivity index (χ0v) is 11.8. The van der Waals surface area contributed by atoms with Crippen molar-refractivity contribution in [2.75, 3.05) is 17.7 Å². The van der Waals surface area contributed by atoms with Crippen LogP contribution in [-0.2, 0) is 0 Å². The van der Waals surface area contributed by atoms with Crippen LogP contribution in [0.2, 0.25) is 0 Å². The molecule has 0 bridgehead atoms. The van der Waals surface area contributed by atoms with Crippen molar-refractivity contribution in [3.63, 3.8) is 0 Å². The second-order valence-electron chi connectivity index (χ2n) is 5.42. The van der Waals surface area contributed by atoms with Crippen LogP contribution in [0.5, 0.6) is 0 Å². The molecule has 1 aromatic heterocycles. The maximum absolute atomic E-state index is 4.42. The Morgan fingerprint density at radius 3 is 2.67 bits per heavy atom. The first-order valence-electron chi connectivity index (χ1n) is 6.96. The highest BCUT2D eigenvalue weighted by molar-refractivity contribution is 5.59. The fourth-order valence-corrected chi connectivity index (χ4v) is 2.55. The van der Waals surface area contributed by atoms with Gasteiger partial charge < -0.3 is 10.6 Å². The highest BCUT2D eigenvalue weighted by Crippen LogP contribution is 2.39. The topological polar surface area (TPSA) is 49.8 Å². The van der Waals surface area contributed by atoms with E-state index in [-0.39, 0.29) is 0 Å². The number of hydrogen-bond donors (Lipinski definition) is 2. The van der Waals surface area contributed by atoms with Crippen molar-refractivity contribution in [1.82, 2.24) is 9.97 Å². The third-order valence-electron chi connectivity index (χ3n) is 3.60. The Morgan fingerprint density at radius 2 is 2.06 bits per heavy atom. The van der Waals surface area contributed by atoms with E-state index in [1.807, 2.05) is 7.05 Å². The van der Waals surface area contributed by atoms with Crippen molar-refractivity contribution in [3.05, 3.63) is 11.9 Å². The average Bonchev–Trinajstić information content (AvgIpc) is 3.07. The lowest BCUT2D eigenvalue weighted by molar-refractivity contribution is 0.691. The van der Waals surface area contributed by atoms with Crippen molar-refractivity contribution >= 4 is 11.6 Å². The number of hydrogen-bond acceptors (Lipinski definition) is 4. The van der Waals surface area contributed by atoms with Crippen molar-refractivity contribution in [2.24, 2.45) is 5.92 Å². The first-order chi connectivity index (χ1) is 8.67. The van der Waals surface area contributed by atoms with E-state index in [1.54, 1.807) is 6.33 Å². The maximum atomic E-state index is 4.42. The molecule has 4 nitrogen and oxygen atoms in total. The zero-order chi connectivity index (χ0) is 13.1. The van der Waals surface area contributed by atoms with Crippen LogP contribution in [0.25, 0.3) is 0 Å². The average molecular weight is 248 g/mol. The van der Waals surface area contributed by atoms with Crippen LogP contribution in [0, 0.1) is 5.92 Å². The van der Waals surface area contributed by atoms with Crippen LogP contribution in [-0.4, -0.2) is 23.1 Å². The Hall–Kier alpha value is -1.32. The molecule has 100 valence electrons. The molecule has 0 radical (unpaired) electrons. The third kappa shape index (κ3) is 2.74. The van der Waals surface area contributed by atoms with E-state index in [4.69, 9.17) is 0 Å². The summed E-state index contributed by atoms with van der Waals surface area (Å²) in [7, 11) is 1.91. The summed E-state index contributed by atoms with van der Waals surface area (Å²) in [5.41, 5.74) is 1.20. The predicted octanol–water partition coefficient (Wildman–Crippen LogP) is 3.24. The summed E-state index contributed by atoms with van der Waals surface area (Å²) in [4.78, 5) is 8.72. The largest absolute Gasteiger partial charge is 0.373 e. The Labute approximate surface area is 110 Å². The molecular formula is C14H24N4. The standard InChI is InChI=1S/C14H24N4/c1-5-6-10-7-11(10)18-14-12(9(2)3)13(15-4)16-8-17-14/h8-11H,5-7H2,1-4H3,(H2,15,16,17,18). The summed E-state index contributed by atoms with van der Waals surface area (Å²) in [6.45, 7) is 6.61. The van der Waals surface area contributed by atoms with Gasteiger partial charge in [-0.1, -0.05) is 27.2 Å². The first kappa shape index (κ1) is 13.1. The van der Waals surface area contributed by atoms with E-state index in [0.29, 0.717) is 12.0 Å². The summed E-state index contributed by atoms with van der Waals surface area (Å²) < 4.78 is 0. The molecule has 0 saturated heterocycles. The second kappa shape index (κ2) is 5.55. The normalized spacial score (nSPS) is 22.1. The number of nitrogens with zero attached hydrogens (tertiary/aromatic N) is 2. The van der Waals surface area contributed by atoms with Crippen LogP contribution >= 0.6 is 0 Å². The lowest BCUT2D eigenvalue weighted by Gasteiger charge is -2.16. The third-order valence-corrected chi connectivity index (χ3v) is 3.60. The van der Waals surface area contributed by atoms with E-state index in [2.05, 4.69) is 41.4 Å². The Kier molecular flexibility index (Phi) is 4.04. The second-order valence-corrected chi connectivity index (χ2v) is 5.42. The number of nitrogens with one attached hydrogen (secondary N) is 2. The van der Waals surface area contributed by atoms with E-state index in [0.717, 1.165) is 17.6 Å². The molecular weight excluding hydrogens is 224 g/mol. The van der Waals surface area contributed by atoms with Crippen molar-refractivity contribution in [2.45, 2.75) is 52.0 Å². The molecule has 18 heavy (non-hydrogen) atoms. The van der Waals surface area contributed by atoms with Gasteiger partial charge in [-0.3, -0.25) is 0 Å². The van der Waals surface area contributed by atoms with Gasteiger partial charge in [-0.05, 0) is 24.7 Å². The molecule has 0 spiro atoms. The van der Waals surface area contributed by atoms with Gasteiger partial charge in [0.1, 0.15) is 18.0 Å². The molecule has 0 amide bonds. The van der Waals surface area contributed by atoms with Crippen molar-refractivity contribution in [3.8, 4) is 0 Å². The molecule has 1 fully saturated rings. The summed E-state index contributed by atoms with van der Waals surface area (Å²) in [6.07, 6.45) is 5.51. The van der Waals surface area contributed by atoms with Gasteiger partial charge in [0.25, 0.3) is 0 Å². The molecule has 2 N–H and O–H groups in total. The Bertz CT molecular complexity index is 403. The van der Waals surface area contributed by atoms with Gasteiger partial charge in [0.05, 0.1) is 0 Å². The number of aromatic nitrogens is 2. The van der Waals surface area contributed by atoms with Crippen LogP contribution < -0.4 is 10.6 Å². The molecule has 0 aliphatic heterocycles. The van der Waals surface area contributed by atoms with Crippen LogP contribution in [0.4, 0.5) is 11.6 Å². The maximum Gasteiger partial charge on any atom is 0.135 e. The monoisotopic (exact) mass is 248 g/mol. The van der Waals surface area contributed by atoms with Crippen molar-refractivity contribution in [1.29, 1.82) is 0 Å². The predicted molar refractivity (Wildman–Crippen MR) is 76.1 cm³/mol. The van der Waals surface area contributed by atoms with Crippen LogP contribution in [0.1, 0.15) is 51.5 Å². The zero-order valence-electron chi connectivity index (χ0n) is 11.8. The molecule has 1 heterocycles. The molecule has 2 unspecified atom stereocenters. The molecule has 1 aliphatic rings. The summed E-state index contributed by atoms with van der Waals surface area (Å²) >= 11 is 0. The number of anilines is 2. The highest BCUT2D eigenvalue weighted by Gasteiger charge is 2.36. The Morgan fingerprint density at radius 1 is 1.33 bits per heavy atom.